The number of carboxylic acids is 1. The second kappa shape index (κ2) is 7.85. The molecule has 1 aliphatic rings. The Morgan fingerprint density at radius 1 is 1.47 bits per heavy atom. The highest BCUT2D eigenvalue weighted by atomic mass is 16.5. The number of ether oxygens (including phenoxy) is 1. The topological polar surface area (TPSA) is 58.6 Å². The summed E-state index contributed by atoms with van der Waals surface area (Å²) in [7, 11) is 1.70. The number of hydrogen-bond acceptors (Lipinski definition) is 3. The van der Waals surface area contributed by atoms with Crippen LogP contribution in [0.4, 0.5) is 0 Å². The number of aliphatic carboxylic acids is 1. The summed E-state index contributed by atoms with van der Waals surface area (Å²) in [5.74, 6) is 0.0269. The Morgan fingerprint density at radius 3 is 2.79 bits per heavy atom. The molecule has 1 saturated carbocycles. The van der Waals surface area contributed by atoms with Crippen molar-refractivity contribution in [3.8, 4) is 0 Å². The summed E-state index contributed by atoms with van der Waals surface area (Å²) >= 11 is 0. The van der Waals surface area contributed by atoms with E-state index in [4.69, 9.17) is 9.84 Å². The van der Waals surface area contributed by atoms with E-state index in [0.717, 1.165) is 12.3 Å². The molecule has 19 heavy (non-hydrogen) atoms. The predicted molar refractivity (Wildman–Crippen MR) is 76.3 cm³/mol. The van der Waals surface area contributed by atoms with Crippen LogP contribution in [0.1, 0.15) is 58.8 Å². The van der Waals surface area contributed by atoms with Crippen molar-refractivity contribution in [2.45, 2.75) is 70.4 Å². The molecule has 0 aromatic rings. The lowest BCUT2D eigenvalue weighted by molar-refractivity contribution is -0.144. The fraction of sp³-hybridized carbons (Fsp3) is 0.933. The second-order valence-electron chi connectivity index (χ2n) is 5.92. The van der Waals surface area contributed by atoms with Crippen LogP contribution in [-0.4, -0.2) is 36.4 Å². The quantitative estimate of drug-likeness (QED) is 0.666. The lowest BCUT2D eigenvalue weighted by Crippen LogP contribution is -2.47. The molecule has 0 aromatic heterocycles. The summed E-state index contributed by atoms with van der Waals surface area (Å²) in [5.41, 5.74) is -0.831. The van der Waals surface area contributed by atoms with Gasteiger partial charge in [0.25, 0.3) is 0 Å². The van der Waals surface area contributed by atoms with Crippen molar-refractivity contribution in [1.29, 1.82) is 0 Å². The molecule has 2 N–H and O–H groups in total. The summed E-state index contributed by atoms with van der Waals surface area (Å²) in [4.78, 5) is 11.1. The molecule has 0 heterocycles. The zero-order valence-corrected chi connectivity index (χ0v) is 12.6. The lowest BCUT2D eigenvalue weighted by Gasteiger charge is -2.29. The number of hydrogen-bond donors (Lipinski definition) is 2. The molecular formula is C15H29NO3. The van der Waals surface area contributed by atoms with Gasteiger partial charge in [0.2, 0.25) is 0 Å². The van der Waals surface area contributed by atoms with Crippen molar-refractivity contribution < 1.29 is 14.6 Å². The van der Waals surface area contributed by atoms with Crippen LogP contribution >= 0.6 is 0 Å². The number of rotatable bonds is 8. The SMILES string of the molecule is CCC1CCCC(OCCCC(C)(NC)C(=O)O)C1. The molecule has 1 fully saturated rings. The van der Waals surface area contributed by atoms with Gasteiger partial charge in [-0.1, -0.05) is 26.2 Å². The summed E-state index contributed by atoms with van der Waals surface area (Å²) in [6.07, 6.45) is 7.98. The number of nitrogens with one attached hydrogen (secondary N) is 1. The van der Waals surface area contributed by atoms with E-state index < -0.39 is 11.5 Å². The van der Waals surface area contributed by atoms with Gasteiger partial charge in [-0.3, -0.25) is 4.79 Å². The van der Waals surface area contributed by atoms with Gasteiger partial charge < -0.3 is 15.2 Å². The standard InChI is InChI=1S/C15H29NO3/c1-4-12-7-5-8-13(11-12)19-10-6-9-15(2,16-3)14(17)18/h12-13,16H,4-11H2,1-3H3,(H,17,18). The van der Waals surface area contributed by atoms with Gasteiger partial charge in [-0.05, 0) is 45.6 Å². The molecule has 0 amide bonds. The van der Waals surface area contributed by atoms with Crippen LogP contribution in [-0.2, 0) is 9.53 Å². The molecule has 0 radical (unpaired) electrons. The Hall–Kier alpha value is -0.610. The van der Waals surface area contributed by atoms with Crippen LogP contribution in [0.2, 0.25) is 0 Å². The van der Waals surface area contributed by atoms with Crippen LogP contribution in [0.5, 0.6) is 0 Å². The van der Waals surface area contributed by atoms with E-state index in [9.17, 15) is 4.79 Å². The minimum absolute atomic E-state index is 0.393. The van der Waals surface area contributed by atoms with E-state index in [1.807, 2.05) is 0 Å². The first-order chi connectivity index (χ1) is 9.01. The minimum atomic E-state index is -0.831. The van der Waals surface area contributed by atoms with E-state index in [1.54, 1.807) is 14.0 Å². The van der Waals surface area contributed by atoms with Gasteiger partial charge in [-0.15, -0.1) is 0 Å². The molecule has 1 aliphatic carbocycles. The van der Waals surface area contributed by atoms with E-state index in [2.05, 4.69) is 12.2 Å². The van der Waals surface area contributed by atoms with Crippen LogP contribution in [0.25, 0.3) is 0 Å². The fourth-order valence-electron chi connectivity index (χ4n) is 2.78. The first-order valence-corrected chi connectivity index (χ1v) is 7.55. The first-order valence-electron chi connectivity index (χ1n) is 7.55. The van der Waals surface area contributed by atoms with Gasteiger partial charge in [0.05, 0.1) is 6.10 Å². The van der Waals surface area contributed by atoms with Crippen molar-refractivity contribution >= 4 is 5.97 Å². The number of carbonyl (C=O) groups is 1. The molecule has 0 aromatic carbocycles. The van der Waals surface area contributed by atoms with Crippen molar-refractivity contribution in [3.63, 3.8) is 0 Å². The molecule has 0 bridgehead atoms. The van der Waals surface area contributed by atoms with E-state index in [1.165, 1.54) is 32.1 Å². The molecule has 112 valence electrons. The molecule has 3 atom stereocenters. The Kier molecular flexibility index (Phi) is 6.80. The van der Waals surface area contributed by atoms with Crippen LogP contribution < -0.4 is 5.32 Å². The Balaban J connectivity index is 2.21. The predicted octanol–water partition coefficient (Wildman–Crippen LogP) is 2.81. The number of carboxylic acid groups (broad SMARTS) is 1. The van der Waals surface area contributed by atoms with Gasteiger partial charge >= 0.3 is 5.97 Å². The highest BCUT2D eigenvalue weighted by Gasteiger charge is 2.30. The van der Waals surface area contributed by atoms with Crippen LogP contribution in [0, 0.1) is 5.92 Å². The van der Waals surface area contributed by atoms with Gasteiger partial charge in [0, 0.05) is 6.61 Å². The molecular weight excluding hydrogens is 242 g/mol. The third-order valence-electron chi connectivity index (χ3n) is 4.51. The zero-order chi connectivity index (χ0) is 14.3. The van der Waals surface area contributed by atoms with Gasteiger partial charge in [0.15, 0.2) is 0 Å². The summed E-state index contributed by atoms with van der Waals surface area (Å²) in [6, 6.07) is 0. The van der Waals surface area contributed by atoms with E-state index >= 15 is 0 Å². The Labute approximate surface area is 116 Å². The molecule has 3 unspecified atom stereocenters. The van der Waals surface area contributed by atoms with Crippen LogP contribution in [0.15, 0.2) is 0 Å². The Bertz CT molecular complexity index is 283. The van der Waals surface area contributed by atoms with Crippen molar-refractivity contribution in [3.05, 3.63) is 0 Å². The van der Waals surface area contributed by atoms with Crippen LogP contribution in [0.3, 0.4) is 0 Å². The molecule has 0 saturated heterocycles. The normalized spacial score (nSPS) is 26.9. The van der Waals surface area contributed by atoms with Gasteiger partial charge in [-0.2, -0.15) is 0 Å². The van der Waals surface area contributed by atoms with Crippen molar-refractivity contribution in [2.75, 3.05) is 13.7 Å². The van der Waals surface area contributed by atoms with E-state index in [0.29, 0.717) is 19.1 Å². The average Bonchev–Trinajstić information content (AvgIpc) is 2.43. The molecule has 0 aliphatic heterocycles. The maximum atomic E-state index is 11.1. The minimum Gasteiger partial charge on any atom is -0.480 e. The molecule has 4 nitrogen and oxygen atoms in total. The summed E-state index contributed by atoms with van der Waals surface area (Å²) < 4.78 is 5.91. The highest BCUT2D eigenvalue weighted by Crippen LogP contribution is 2.28. The zero-order valence-electron chi connectivity index (χ0n) is 12.6. The maximum Gasteiger partial charge on any atom is 0.323 e. The molecule has 0 spiro atoms. The smallest absolute Gasteiger partial charge is 0.323 e. The highest BCUT2D eigenvalue weighted by molar-refractivity contribution is 5.78. The van der Waals surface area contributed by atoms with Crippen molar-refractivity contribution in [2.24, 2.45) is 5.92 Å². The number of likely N-dealkylation sites (N-methyl/N-ethyl adjacent to an activating group) is 1. The summed E-state index contributed by atoms with van der Waals surface area (Å²) in [5, 5.41) is 12.0. The third kappa shape index (κ3) is 5.11. The third-order valence-corrected chi connectivity index (χ3v) is 4.51. The second-order valence-corrected chi connectivity index (χ2v) is 5.92. The monoisotopic (exact) mass is 271 g/mol. The van der Waals surface area contributed by atoms with Gasteiger partial charge in [0.1, 0.15) is 5.54 Å². The molecule has 4 heteroatoms. The first kappa shape index (κ1) is 16.4. The van der Waals surface area contributed by atoms with Crippen molar-refractivity contribution in [1.82, 2.24) is 5.32 Å². The fourth-order valence-corrected chi connectivity index (χ4v) is 2.78. The average molecular weight is 271 g/mol. The van der Waals surface area contributed by atoms with Gasteiger partial charge in [-0.25, -0.2) is 0 Å². The Morgan fingerprint density at radius 2 is 2.21 bits per heavy atom. The summed E-state index contributed by atoms with van der Waals surface area (Å²) in [6.45, 7) is 4.65. The molecule has 1 rings (SSSR count). The maximum absolute atomic E-state index is 11.1. The largest absolute Gasteiger partial charge is 0.480 e. The van der Waals surface area contributed by atoms with E-state index in [-0.39, 0.29) is 0 Å². The lowest BCUT2D eigenvalue weighted by atomic mass is 9.85.